The molecule has 0 spiro atoms. The quantitative estimate of drug-likeness (QED) is 0.370. The van der Waals surface area contributed by atoms with Crippen molar-refractivity contribution in [2.24, 2.45) is 0 Å². The molecule has 0 saturated carbocycles. The van der Waals surface area contributed by atoms with Gasteiger partial charge in [0.1, 0.15) is 0 Å². The highest BCUT2D eigenvalue weighted by molar-refractivity contribution is 8.57. The first-order valence-electron chi connectivity index (χ1n) is 4.42. The Morgan fingerprint density at radius 2 is 1.00 bits per heavy atom. The summed E-state index contributed by atoms with van der Waals surface area (Å²) >= 11 is 0. The highest BCUT2D eigenvalue weighted by Crippen LogP contribution is 2.55. The van der Waals surface area contributed by atoms with Gasteiger partial charge in [0.05, 0.1) is 16.3 Å². The Hall–Kier alpha value is 2.81. The molecule has 74 valence electrons. The van der Waals surface area contributed by atoms with Crippen molar-refractivity contribution in [3.8, 4) is 0 Å². The minimum Gasteiger partial charge on any atom is -0.158 e. The molecule has 0 fully saturated rings. The fraction of sp³-hybridized carbons (Fsp3) is 1.00. The van der Waals surface area contributed by atoms with E-state index in [1.165, 1.54) is 0 Å². The molecule has 2 unspecified atom stereocenters. The molecule has 0 aliphatic heterocycles. The number of hydrogen-bond donors (Lipinski definition) is 0. The second-order valence-electron chi connectivity index (χ2n) is 3.86. The Morgan fingerprint density at radius 3 is 1.17 bits per heavy atom. The average molecular weight is 337 g/mol. The van der Waals surface area contributed by atoms with Gasteiger partial charge in [0.2, 0.25) is 0 Å². The van der Waals surface area contributed by atoms with E-state index in [4.69, 9.17) is 0 Å². The fourth-order valence-electron chi connectivity index (χ4n) is 1.04. The van der Waals surface area contributed by atoms with Crippen molar-refractivity contribution in [3.63, 3.8) is 0 Å². The lowest BCUT2D eigenvalue weighted by atomic mass is 11.9. The van der Waals surface area contributed by atoms with Crippen LogP contribution in [0.5, 0.6) is 0 Å². The van der Waals surface area contributed by atoms with Gasteiger partial charge in [-0.15, -0.1) is 6.57 Å². The van der Waals surface area contributed by atoms with E-state index in [-0.39, 0.29) is 16.3 Å². The van der Waals surface area contributed by atoms with E-state index in [9.17, 15) is 0 Å². The van der Waals surface area contributed by atoms with Crippen molar-refractivity contribution in [1.29, 1.82) is 0 Å². The third kappa shape index (κ3) is 5.05. The lowest BCUT2D eigenvalue weighted by Gasteiger charge is -2.31. The lowest BCUT2D eigenvalue weighted by Crippen LogP contribution is -2.15. The van der Waals surface area contributed by atoms with Gasteiger partial charge in [-0.2, -0.15) is 13.1 Å². The largest absolute Gasteiger partial charge is 0.158 e. The highest BCUT2D eigenvalue weighted by atomic mass is 32.1. The van der Waals surface area contributed by atoms with Gasteiger partial charge in [-0.3, -0.25) is 0 Å². The molecule has 0 saturated heterocycles. The second-order valence-corrected chi connectivity index (χ2v) is 85.5. The Balaban J connectivity index is 4.08. The minimum absolute atomic E-state index is 0.0464. The zero-order chi connectivity index (χ0) is 9.89. The normalized spacial score (nSPS) is 25.5. The molecule has 0 aromatic carbocycles. The van der Waals surface area contributed by atoms with E-state index < -0.39 is 0 Å². The lowest BCUT2D eigenvalue weighted by molar-refractivity contribution is 2.33. The summed E-state index contributed by atoms with van der Waals surface area (Å²) < 4.78 is 0. The molecule has 0 aromatic heterocycles. The van der Waals surface area contributed by atoms with Gasteiger partial charge in [-0.25, -0.2) is 0 Å². The summed E-state index contributed by atoms with van der Waals surface area (Å²) in [5.74, 6) is 0. The van der Waals surface area contributed by atoms with Gasteiger partial charge in [0.25, 0.3) is 0 Å². The zero-order valence-electron chi connectivity index (χ0n) is 9.50. The summed E-state index contributed by atoms with van der Waals surface area (Å²) in [5, 5.41) is 0. The van der Waals surface area contributed by atoms with E-state index in [0.29, 0.717) is 0 Å². The Kier molecular flexibility index (Phi) is 8.81. The Morgan fingerprint density at radius 1 is 0.750 bits per heavy atom. The van der Waals surface area contributed by atoms with Crippen LogP contribution in [-0.4, -0.2) is 65.8 Å². The van der Waals surface area contributed by atoms with Gasteiger partial charge in [-0.05, 0) is 0 Å². The Bertz CT molecular complexity index is 116. The molecule has 0 aliphatic carbocycles. The molecule has 0 N–H and O–H groups in total. The first-order valence-corrected chi connectivity index (χ1v) is 32.9. The third-order valence-electron chi connectivity index (χ3n) is 2.67. The van der Waals surface area contributed by atoms with Gasteiger partial charge < -0.3 is 0 Å². The maximum absolute atomic E-state index is 2.76. The van der Waals surface area contributed by atoms with Crippen LogP contribution < -0.4 is 0 Å². The zero-order valence-corrected chi connectivity index (χ0v) is 24.5. The molecular weight excluding hydrogens is 314 g/mol. The van der Waals surface area contributed by atoms with Crippen molar-refractivity contribution in [1.82, 2.24) is 0 Å². The van der Waals surface area contributed by atoms with Crippen molar-refractivity contribution >= 4 is 85.5 Å². The van der Waals surface area contributed by atoms with Crippen LogP contribution in [0.4, 0.5) is 0 Å². The summed E-state index contributed by atoms with van der Waals surface area (Å²) in [4.78, 5) is 0. The molecule has 0 rings (SSSR count). The number of rotatable bonds is 4. The van der Waals surface area contributed by atoms with Crippen LogP contribution in [0, 0.1) is 0 Å². The van der Waals surface area contributed by atoms with Gasteiger partial charge in [0.15, 0.2) is 0 Å². The molecule has 12 heavy (non-hydrogen) atoms. The van der Waals surface area contributed by atoms with E-state index in [2.05, 4.69) is 13.1 Å². The molecule has 0 aliphatic rings. The first-order chi connectivity index (χ1) is 5.37. The monoisotopic (exact) mass is 336 g/mol. The van der Waals surface area contributed by atoms with Crippen molar-refractivity contribution in [3.05, 3.63) is 0 Å². The summed E-state index contributed by atoms with van der Waals surface area (Å²) in [6.45, 7) is 7.95. The second kappa shape index (κ2) is 7.14. The Labute approximate surface area is 98.1 Å². The van der Waals surface area contributed by atoms with Crippen LogP contribution in [0.2, 0.25) is 13.1 Å². The molecule has 0 heterocycles. The predicted molar refractivity (Wildman–Crippen MR) is 96.5 cm³/mol. The third-order valence-corrected chi connectivity index (χ3v) is 117. The maximum Gasteiger partial charge on any atom is 0.0709 e. The fourth-order valence-corrected chi connectivity index (χ4v) is 199. The van der Waals surface area contributed by atoms with E-state index >= 15 is 0 Å². The minimum atomic E-state index is -0.0464. The SMILES string of the molecule is C[SiH](P([SiH3])[SiH3])P([SiH3])[SiH](C)P([SiH3])[SiH3]. The average Bonchev–Trinajstić information content (AvgIpc) is 2.00. The molecule has 0 bridgehead atoms. The van der Waals surface area contributed by atoms with Gasteiger partial charge in [0, 0.05) is 49.5 Å². The van der Waals surface area contributed by atoms with Crippen molar-refractivity contribution < 1.29 is 0 Å². The van der Waals surface area contributed by atoms with Gasteiger partial charge in [-0.1, -0.05) is 13.1 Å². The summed E-state index contributed by atoms with van der Waals surface area (Å²) in [5.41, 5.74) is 0. The van der Waals surface area contributed by atoms with E-state index in [1.54, 1.807) is 49.5 Å². The topological polar surface area (TPSA) is 0 Å². The maximum atomic E-state index is 2.76. The first kappa shape index (κ1) is 14.8. The van der Waals surface area contributed by atoms with Crippen LogP contribution in [0.25, 0.3) is 0 Å². The van der Waals surface area contributed by atoms with Crippen LogP contribution in [0.3, 0.4) is 0 Å². The summed E-state index contributed by atoms with van der Waals surface area (Å²) in [6, 6.07) is 0. The standard InChI is InChI=1S/C2H23P3Si7/c1-11(3(6)7)5(10)12(2)4(8)9/h11-12H,1-2,6-10H3. The molecule has 2 atom stereocenters. The van der Waals surface area contributed by atoms with Crippen LogP contribution in [0.15, 0.2) is 0 Å². The molecule has 0 radical (unpaired) electrons. The smallest absolute Gasteiger partial charge is 0.0709 e. The summed E-state index contributed by atoms with van der Waals surface area (Å²) in [7, 11) is 8.05. The molecule has 0 nitrogen and oxygen atoms in total. The van der Waals surface area contributed by atoms with Gasteiger partial charge >= 0.3 is 0 Å². The van der Waals surface area contributed by atoms with Crippen LogP contribution in [0.1, 0.15) is 0 Å². The predicted octanol–water partition coefficient (Wildman–Crippen LogP) is -3.47. The van der Waals surface area contributed by atoms with E-state index in [1.807, 2.05) is 0 Å². The van der Waals surface area contributed by atoms with E-state index in [0.717, 1.165) is 19.7 Å². The number of hydrogen-bond acceptors (Lipinski definition) is 0. The summed E-state index contributed by atoms with van der Waals surface area (Å²) in [6.07, 6.45) is 0. The van der Waals surface area contributed by atoms with Crippen LogP contribution in [-0.2, 0) is 0 Å². The molecule has 0 aromatic rings. The molecule has 10 heteroatoms. The molecular formula is C2H23P3Si7. The molecule has 0 amide bonds. The van der Waals surface area contributed by atoms with Crippen molar-refractivity contribution in [2.75, 3.05) is 0 Å². The van der Waals surface area contributed by atoms with Crippen LogP contribution >= 0.6 is 19.7 Å². The van der Waals surface area contributed by atoms with Crippen molar-refractivity contribution in [2.45, 2.75) is 13.1 Å². The highest BCUT2D eigenvalue weighted by Gasteiger charge is 2.23.